The number of rotatable bonds is 6. The van der Waals surface area contributed by atoms with Crippen LogP contribution in [0.2, 0.25) is 5.02 Å². The van der Waals surface area contributed by atoms with E-state index in [1.165, 1.54) is 17.3 Å². The van der Waals surface area contributed by atoms with E-state index in [4.69, 9.17) is 16.0 Å². The quantitative estimate of drug-likeness (QED) is 0.850. The Balaban J connectivity index is 2.11. The molecule has 20 heavy (non-hydrogen) atoms. The SMILES string of the molecule is Cc1coc(Sc2cc(Cl)ccc2CNCC(C)C)n1. The van der Waals surface area contributed by atoms with Crippen LogP contribution in [0.25, 0.3) is 0 Å². The van der Waals surface area contributed by atoms with Gasteiger partial charge in [-0.05, 0) is 48.8 Å². The zero-order valence-corrected chi connectivity index (χ0v) is 13.5. The molecule has 0 aliphatic rings. The standard InChI is InChI=1S/C15H19ClN2OS/c1-10(2)7-17-8-12-4-5-13(16)6-14(12)20-15-18-11(3)9-19-15/h4-6,9-10,17H,7-8H2,1-3H3. The molecule has 0 amide bonds. The van der Waals surface area contributed by atoms with Gasteiger partial charge in [0, 0.05) is 16.5 Å². The second-order valence-electron chi connectivity index (χ2n) is 5.13. The van der Waals surface area contributed by atoms with Crippen molar-refractivity contribution >= 4 is 23.4 Å². The first-order chi connectivity index (χ1) is 9.54. The number of nitrogens with zero attached hydrogens (tertiary/aromatic N) is 1. The molecule has 0 aliphatic heterocycles. The number of oxazole rings is 1. The molecule has 1 aromatic heterocycles. The Labute approximate surface area is 129 Å². The summed E-state index contributed by atoms with van der Waals surface area (Å²) in [6.45, 7) is 8.11. The topological polar surface area (TPSA) is 38.1 Å². The lowest BCUT2D eigenvalue weighted by molar-refractivity contribution is 0.454. The van der Waals surface area contributed by atoms with Gasteiger partial charge in [0.15, 0.2) is 0 Å². The Morgan fingerprint density at radius 3 is 2.85 bits per heavy atom. The molecule has 108 valence electrons. The van der Waals surface area contributed by atoms with Crippen LogP contribution in [-0.2, 0) is 6.54 Å². The maximum Gasteiger partial charge on any atom is 0.260 e. The van der Waals surface area contributed by atoms with Gasteiger partial charge in [-0.2, -0.15) is 0 Å². The molecular weight excluding hydrogens is 292 g/mol. The van der Waals surface area contributed by atoms with Gasteiger partial charge in [0.2, 0.25) is 0 Å². The highest BCUT2D eigenvalue weighted by Crippen LogP contribution is 2.32. The first kappa shape index (κ1) is 15.4. The van der Waals surface area contributed by atoms with E-state index in [1.807, 2.05) is 25.1 Å². The van der Waals surface area contributed by atoms with E-state index in [-0.39, 0.29) is 0 Å². The van der Waals surface area contributed by atoms with Crippen LogP contribution in [0.4, 0.5) is 0 Å². The monoisotopic (exact) mass is 310 g/mol. The molecule has 0 spiro atoms. The van der Waals surface area contributed by atoms with Crippen molar-refractivity contribution in [2.75, 3.05) is 6.54 Å². The maximum atomic E-state index is 6.09. The van der Waals surface area contributed by atoms with Gasteiger partial charge >= 0.3 is 0 Å². The largest absolute Gasteiger partial charge is 0.439 e. The van der Waals surface area contributed by atoms with Crippen LogP contribution in [0.5, 0.6) is 0 Å². The van der Waals surface area contributed by atoms with Gasteiger partial charge in [-0.25, -0.2) is 4.98 Å². The molecule has 0 radical (unpaired) electrons. The second kappa shape index (κ2) is 7.16. The summed E-state index contributed by atoms with van der Waals surface area (Å²) in [5.41, 5.74) is 2.09. The number of hydrogen-bond acceptors (Lipinski definition) is 4. The van der Waals surface area contributed by atoms with E-state index >= 15 is 0 Å². The lowest BCUT2D eigenvalue weighted by Gasteiger charge is -2.11. The van der Waals surface area contributed by atoms with E-state index in [9.17, 15) is 0 Å². The fourth-order valence-corrected chi connectivity index (χ4v) is 2.91. The molecule has 1 N–H and O–H groups in total. The third-order valence-corrected chi connectivity index (χ3v) is 3.89. The first-order valence-electron chi connectivity index (χ1n) is 6.63. The summed E-state index contributed by atoms with van der Waals surface area (Å²) < 4.78 is 5.39. The molecule has 0 fully saturated rings. The number of aromatic nitrogens is 1. The van der Waals surface area contributed by atoms with Crippen molar-refractivity contribution in [2.45, 2.75) is 37.4 Å². The molecule has 0 bridgehead atoms. The van der Waals surface area contributed by atoms with Gasteiger partial charge < -0.3 is 9.73 Å². The molecular formula is C15H19ClN2OS. The average Bonchev–Trinajstić information content (AvgIpc) is 2.77. The van der Waals surface area contributed by atoms with Gasteiger partial charge in [-0.3, -0.25) is 0 Å². The minimum Gasteiger partial charge on any atom is -0.439 e. The van der Waals surface area contributed by atoms with Crippen LogP contribution in [0.1, 0.15) is 25.1 Å². The Kier molecular flexibility index (Phi) is 5.52. The molecule has 0 aliphatic carbocycles. The van der Waals surface area contributed by atoms with Gasteiger partial charge in [-0.1, -0.05) is 31.5 Å². The Bertz CT molecular complexity index is 569. The second-order valence-corrected chi connectivity index (χ2v) is 6.56. The number of hydrogen-bond donors (Lipinski definition) is 1. The van der Waals surface area contributed by atoms with E-state index in [0.717, 1.165) is 28.7 Å². The van der Waals surface area contributed by atoms with Crippen molar-refractivity contribution in [3.8, 4) is 0 Å². The molecule has 1 aromatic carbocycles. The predicted molar refractivity (Wildman–Crippen MR) is 83.4 cm³/mol. The van der Waals surface area contributed by atoms with Gasteiger partial charge in [-0.15, -0.1) is 0 Å². The van der Waals surface area contributed by atoms with E-state index in [2.05, 4.69) is 24.1 Å². The zero-order chi connectivity index (χ0) is 14.5. The molecule has 1 heterocycles. The lowest BCUT2D eigenvalue weighted by atomic mass is 10.2. The molecule has 3 nitrogen and oxygen atoms in total. The summed E-state index contributed by atoms with van der Waals surface area (Å²) in [5, 5.41) is 4.82. The fourth-order valence-electron chi connectivity index (χ4n) is 1.74. The van der Waals surface area contributed by atoms with E-state index < -0.39 is 0 Å². The Hall–Kier alpha value is -0.970. The number of halogens is 1. The van der Waals surface area contributed by atoms with Crippen molar-refractivity contribution in [3.05, 3.63) is 40.7 Å². The Morgan fingerprint density at radius 1 is 1.40 bits per heavy atom. The fraction of sp³-hybridized carbons (Fsp3) is 0.400. The summed E-state index contributed by atoms with van der Waals surface area (Å²) >= 11 is 7.59. The number of nitrogens with one attached hydrogen (secondary N) is 1. The smallest absolute Gasteiger partial charge is 0.260 e. The lowest BCUT2D eigenvalue weighted by Crippen LogP contribution is -2.19. The minimum atomic E-state index is 0.632. The highest BCUT2D eigenvalue weighted by atomic mass is 35.5. The first-order valence-corrected chi connectivity index (χ1v) is 7.83. The number of aryl methyl sites for hydroxylation is 1. The van der Waals surface area contributed by atoms with Crippen LogP contribution in [0.15, 0.2) is 39.0 Å². The van der Waals surface area contributed by atoms with E-state index in [0.29, 0.717) is 11.1 Å². The van der Waals surface area contributed by atoms with Crippen molar-refractivity contribution in [1.82, 2.24) is 10.3 Å². The summed E-state index contributed by atoms with van der Waals surface area (Å²) in [7, 11) is 0. The van der Waals surface area contributed by atoms with Crippen LogP contribution >= 0.6 is 23.4 Å². The summed E-state index contributed by atoms with van der Waals surface area (Å²) in [4.78, 5) is 5.40. The summed E-state index contributed by atoms with van der Waals surface area (Å²) in [6.07, 6.45) is 1.66. The highest BCUT2D eigenvalue weighted by Gasteiger charge is 2.09. The zero-order valence-electron chi connectivity index (χ0n) is 11.9. The highest BCUT2D eigenvalue weighted by molar-refractivity contribution is 7.99. The van der Waals surface area contributed by atoms with E-state index in [1.54, 1.807) is 6.26 Å². The van der Waals surface area contributed by atoms with Crippen molar-refractivity contribution in [3.63, 3.8) is 0 Å². The molecule has 0 atom stereocenters. The third-order valence-electron chi connectivity index (χ3n) is 2.69. The summed E-state index contributed by atoms with van der Waals surface area (Å²) in [5.74, 6) is 0.632. The summed E-state index contributed by atoms with van der Waals surface area (Å²) in [6, 6.07) is 5.92. The normalized spacial score (nSPS) is 11.2. The molecule has 5 heteroatoms. The van der Waals surface area contributed by atoms with Crippen LogP contribution in [0.3, 0.4) is 0 Å². The van der Waals surface area contributed by atoms with Gasteiger partial charge in [0.1, 0.15) is 6.26 Å². The molecule has 0 saturated heterocycles. The van der Waals surface area contributed by atoms with Gasteiger partial charge in [0.05, 0.1) is 5.69 Å². The molecule has 2 aromatic rings. The van der Waals surface area contributed by atoms with Crippen LogP contribution in [0, 0.1) is 12.8 Å². The third kappa shape index (κ3) is 4.54. The minimum absolute atomic E-state index is 0.632. The molecule has 0 unspecified atom stereocenters. The van der Waals surface area contributed by atoms with Gasteiger partial charge in [0.25, 0.3) is 5.22 Å². The maximum absolute atomic E-state index is 6.09. The van der Waals surface area contributed by atoms with Crippen LogP contribution in [-0.4, -0.2) is 11.5 Å². The molecule has 2 rings (SSSR count). The Morgan fingerprint density at radius 2 is 2.20 bits per heavy atom. The van der Waals surface area contributed by atoms with Crippen molar-refractivity contribution in [2.24, 2.45) is 5.92 Å². The average molecular weight is 311 g/mol. The predicted octanol–water partition coefficient (Wildman–Crippen LogP) is 4.53. The van der Waals surface area contributed by atoms with Crippen LogP contribution < -0.4 is 5.32 Å². The number of benzene rings is 1. The van der Waals surface area contributed by atoms with Crippen molar-refractivity contribution < 1.29 is 4.42 Å². The van der Waals surface area contributed by atoms with Crippen molar-refractivity contribution in [1.29, 1.82) is 0 Å². The molecule has 0 saturated carbocycles.